The Morgan fingerprint density at radius 1 is 1.56 bits per heavy atom. The number of terminal acetylenes is 1. The molecule has 0 spiro atoms. The van der Waals surface area contributed by atoms with Crippen molar-refractivity contribution >= 4 is 11.6 Å². The zero-order chi connectivity index (χ0) is 13.4. The number of nitrogens with zero attached hydrogens (tertiary/aromatic N) is 1. The zero-order valence-corrected chi connectivity index (χ0v) is 10.8. The lowest BCUT2D eigenvalue weighted by Crippen LogP contribution is -2.25. The van der Waals surface area contributed by atoms with E-state index < -0.39 is 0 Å². The highest BCUT2D eigenvalue weighted by Crippen LogP contribution is 2.15. The zero-order valence-electron chi connectivity index (χ0n) is 10.8. The third-order valence-corrected chi connectivity index (χ3v) is 2.45. The van der Waals surface area contributed by atoms with E-state index in [4.69, 9.17) is 16.9 Å². The van der Waals surface area contributed by atoms with Crippen LogP contribution in [0.1, 0.15) is 18.9 Å². The normalized spacial score (nSPS) is 12.8. The second-order valence-corrected chi connectivity index (χ2v) is 3.82. The average molecular weight is 245 g/mol. The van der Waals surface area contributed by atoms with Crippen molar-refractivity contribution < 1.29 is 4.74 Å². The maximum Gasteiger partial charge on any atom is 0.194 e. The summed E-state index contributed by atoms with van der Waals surface area (Å²) in [6, 6.07) is 7.58. The highest BCUT2D eigenvalue weighted by Gasteiger charge is 2.04. The molecule has 1 rings (SSSR count). The quantitative estimate of drug-likeness (QED) is 0.473. The van der Waals surface area contributed by atoms with E-state index in [-0.39, 0.29) is 6.04 Å². The number of guanidine groups is 1. The van der Waals surface area contributed by atoms with Gasteiger partial charge in [-0.3, -0.25) is 0 Å². The molecule has 0 fully saturated rings. The third-order valence-electron chi connectivity index (χ3n) is 2.45. The number of hydrogen-bond acceptors (Lipinski definition) is 2. The first kappa shape index (κ1) is 14.1. The van der Waals surface area contributed by atoms with Crippen molar-refractivity contribution in [1.82, 2.24) is 0 Å². The molecule has 18 heavy (non-hydrogen) atoms. The Morgan fingerprint density at radius 2 is 2.28 bits per heavy atom. The second-order valence-electron chi connectivity index (χ2n) is 3.82. The largest absolute Gasteiger partial charge is 0.380 e. The Labute approximate surface area is 108 Å². The van der Waals surface area contributed by atoms with E-state index in [1.54, 1.807) is 7.11 Å². The van der Waals surface area contributed by atoms with Gasteiger partial charge in [-0.2, -0.15) is 0 Å². The molecule has 0 aliphatic carbocycles. The molecule has 1 aromatic carbocycles. The van der Waals surface area contributed by atoms with Gasteiger partial charge in [-0.05, 0) is 12.5 Å². The molecule has 0 heterocycles. The summed E-state index contributed by atoms with van der Waals surface area (Å²) in [7, 11) is 1.65. The first-order chi connectivity index (χ1) is 8.71. The summed E-state index contributed by atoms with van der Waals surface area (Å²) in [4.78, 5) is 4.22. The van der Waals surface area contributed by atoms with Crippen LogP contribution in [-0.4, -0.2) is 19.1 Å². The van der Waals surface area contributed by atoms with E-state index in [2.05, 4.69) is 16.2 Å². The van der Waals surface area contributed by atoms with Crippen LogP contribution in [0, 0.1) is 12.3 Å². The van der Waals surface area contributed by atoms with Gasteiger partial charge < -0.3 is 15.8 Å². The van der Waals surface area contributed by atoms with Gasteiger partial charge >= 0.3 is 0 Å². The Morgan fingerprint density at radius 3 is 2.89 bits per heavy atom. The van der Waals surface area contributed by atoms with E-state index >= 15 is 0 Å². The van der Waals surface area contributed by atoms with Crippen molar-refractivity contribution in [2.45, 2.75) is 26.0 Å². The van der Waals surface area contributed by atoms with Crippen molar-refractivity contribution in [3.05, 3.63) is 29.8 Å². The highest BCUT2D eigenvalue weighted by atomic mass is 16.5. The van der Waals surface area contributed by atoms with Crippen molar-refractivity contribution in [1.29, 1.82) is 0 Å². The van der Waals surface area contributed by atoms with Gasteiger partial charge in [0.1, 0.15) is 6.04 Å². The third kappa shape index (κ3) is 4.11. The molecule has 1 atom stereocenters. The molecule has 0 amide bonds. The van der Waals surface area contributed by atoms with E-state index in [9.17, 15) is 0 Å². The average Bonchev–Trinajstić information content (AvgIpc) is 2.38. The fraction of sp³-hybridized carbons (Fsp3) is 0.357. The van der Waals surface area contributed by atoms with Gasteiger partial charge in [0.15, 0.2) is 5.96 Å². The predicted molar refractivity (Wildman–Crippen MR) is 75.3 cm³/mol. The summed E-state index contributed by atoms with van der Waals surface area (Å²) in [5.41, 5.74) is 7.73. The molecule has 1 aromatic rings. The Balaban J connectivity index is 2.81. The van der Waals surface area contributed by atoms with Crippen LogP contribution in [-0.2, 0) is 11.3 Å². The molecular formula is C14H19N3O. The van der Waals surface area contributed by atoms with Gasteiger partial charge in [-0.15, -0.1) is 6.42 Å². The second kappa shape index (κ2) is 7.36. The first-order valence-electron chi connectivity index (χ1n) is 5.84. The van der Waals surface area contributed by atoms with Crippen LogP contribution >= 0.6 is 0 Å². The molecule has 0 bridgehead atoms. The van der Waals surface area contributed by atoms with Crippen molar-refractivity contribution in [2.75, 3.05) is 12.4 Å². The number of aliphatic imine (C=N–C) groups is 1. The minimum atomic E-state index is -0.188. The molecule has 4 nitrogen and oxygen atoms in total. The molecule has 4 heteroatoms. The summed E-state index contributed by atoms with van der Waals surface area (Å²) in [6.07, 6.45) is 6.10. The lowest BCUT2D eigenvalue weighted by atomic mass is 10.2. The number of hydrogen-bond donors (Lipinski definition) is 2. The van der Waals surface area contributed by atoms with Crippen LogP contribution in [0.5, 0.6) is 0 Å². The number of nitrogens with two attached hydrogens (primary N) is 1. The minimum Gasteiger partial charge on any atom is -0.380 e. The number of rotatable bonds is 5. The molecule has 96 valence electrons. The minimum absolute atomic E-state index is 0.188. The molecule has 3 N–H and O–H groups in total. The number of ether oxygens (including phenoxy) is 1. The molecule has 0 saturated heterocycles. The molecule has 0 aliphatic heterocycles. The summed E-state index contributed by atoms with van der Waals surface area (Å²) in [6.45, 7) is 2.49. The van der Waals surface area contributed by atoms with Crippen molar-refractivity contribution in [3.63, 3.8) is 0 Å². The van der Waals surface area contributed by atoms with Crippen LogP contribution < -0.4 is 11.1 Å². The molecular weight excluding hydrogens is 226 g/mol. The summed E-state index contributed by atoms with van der Waals surface area (Å²) in [5, 5.41) is 3.05. The molecule has 0 aliphatic rings. The van der Waals surface area contributed by atoms with Crippen LogP contribution in [0.2, 0.25) is 0 Å². The summed E-state index contributed by atoms with van der Waals surface area (Å²) < 4.78 is 5.12. The van der Waals surface area contributed by atoms with Crippen LogP contribution in [0.4, 0.5) is 5.69 Å². The van der Waals surface area contributed by atoms with Crippen molar-refractivity contribution in [2.24, 2.45) is 10.7 Å². The molecule has 0 aromatic heterocycles. The number of methoxy groups -OCH3 is 1. The lowest BCUT2D eigenvalue weighted by Gasteiger charge is -2.11. The van der Waals surface area contributed by atoms with Crippen LogP contribution in [0.25, 0.3) is 0 Å². The fourth-order valence-electron chi connectivity index (χ4n) is 1.51. The molecule has 1 unspecified atom stereocenters. The van der Waals surface area contributed by atoms with E-state index in [1.807, 2.05) is 31.2 Å². The van der Waals surface area contributed by atoms with Gasteiger partial charge in [-0.25, -0.2) is 4.99 Å². The molecule has 0 saturated carbocycles. The maximum atomic E-state index is 5.83. The topological polar surface area (TPSA) is 59.6 Å². The van der Waals surface area contributed by atoms with E-state index in [0.717, 1.165) is 17.7 Å². The summed E-state index contributed by atoms with van der Waals surface area (Å²) >= 11 is 0. The van der Waals surface area contributed by atoms with Gasteiger partial charge in [0.05, 0.1) is 6.61 Å². The number of anilines is 1. The van der Waals surface area contributed by atoms with Gasteiger partial charge in [-0.1, -0.05) is 31.0 Å². The van der Waals surface area contributed by atoms with Crippen LogP contribution in [0.3, 0.4) is 0 Å². The summed E-state index contributed by atoms with van der Waals surface area (Å²) in [5.74, 6) is 2.90. The van der Waals surface area contributed by atoms with E-state index in [0.29, 0.717) is 12.6 Å². The van der Waals surface area contributed by atoms with E-state index in [1.165, 1.54) is 0 Å². The Kier molecular flexibility index (Phi) is 5.75. The predicted octanol–water partition coefficient (Wildman–Crippen LogP) is 1.97. The number of para-hydroxylation sites is 1. The maximum absolute atomic E-state index is 5.83. The Bertz CT molecular complexity index is 449. The number of benzene rings is 1. The number of nitrogens with one attached hydrogen (secondary N) is 1. The highest BCUT2D eigenvalue weighted by molar-refractivity contribution is 5.93. The van der Waals surface area contributed by atoms with Crippen molar-refractivity contribution in [3.8, 4) is 12.3 Å². The standard InChI is InChI=1S/C14H19N3O/c1-4-12(5-2)16-14(15)17-13-9-7-6-8-11(13)10-18-3/h1,6-9,12H,5,10H2,2-3H3,(H3,15,16,17). The fourth-order valence-corrected chi connectivity index (χ4v) is 1.51. The van der Waals surface area contributed by atoms with Gasteiger partial charge in [0, 0.05) is 18.4 Å². The lowest BCUT2D eigenvalue weighted by molar-refractivity contribution is 0.185. The SMILES string of the molecule is C#CC(CC)N=C(N)Nc1ccccc1COC. The van der Waals surface area contributed by atoms with Gasteiger partial charge in [0.2, 0.25) is 0 Å². The first-order valence-corrected chi connectivity index (χ1v) is 5.84. The molecule has 0 radical (unpaired) electrons. The smallest absolute Gasteiger partial charge is 0.194 e. The Hall–Kier alpha value is -1.99. The monoisotopic (exact) mass is 245 g/mol. The van der Waals surface area contributed by atoms with Crippen LogP contribution in [0.15, 0.2) is 29.3 Å². The van der Waals surface area contributed by atoms with Gasteiger partial charge in [0.25, 0.3) is 0 Å².